The standard InChI is InChI=1S/H5O10P3.H3P/c1-11(2,3)9-13(7,8)10-12(4,5)6;/h(H,7,8)(H2,1,2,3)(H2,4,5,6);1H3. The second kappa shape index (κ2) is 5.25. The molecule has 88 valence electrons. The lowest BCUT2D eigenvalue weighted by atomic mass is 15.7. The lowest BCUT2D eigenvalue weighted by Gasteiger charge is -2.11. The molecule has 0 bridgehead atoms. The molecule has 0 heterocycles. The zero-order chi connectivity index (χ0) is 10.9. The molecule has 1 unspecified atom stereocenters. The number of hydrogen-bond donors (Lipinski definition) is 5. The Labute approximate surface area is 81.0 Å². The van der Waals surface area contributed by atoms with Gasteiger partial charge in [0, 0.05) is 0 Å². The SMILES string of the molecule is O=P(O)(O)OP(=O)(O)OP(=O)(O)O.P. The molecule has 0 fully saturated rings. The molecule has 0 aromatic heterocycles. The van der Waals surface area contributed by atoms with Crippen LogP contribution >= 0.6 is 33.4 Å². The van der Waals surface area contributed by atoms with Gasteiger partial charge in [-0.15, -0.1) is 0 Å². The van der Waals surface area contributed by atoms with Crippen LogP contribution in [0.5, 0.6) is 0 Å². The molecule has 10 nitrogen and oxygen atoms in total. The van der Waals surface area contributed by atoms with Crippen LogP contribution in [0.25, 0.3) is 0 Å². The minimum absolute atomic E-state index is 0. The molecular weight excluding hydrogens is 284 g/mol. The van der Waals surface area contributed by atoms with Crippen LogP contribution in [0.2, 0.25) is 0 Å². The van der Waals surface area contributed by atoms with Gasteiger partial charge in [0.2, 0.25) is 0 Å². The van der Waals surface area contributed by atoms with Crippen LogP contribution in [0, 0.1) is 0 Å². The topological polar surface area (TPSA) is 171 Å². The molecule has 14 heteroatoms. The van der Waals surface area contributed by atoms with Crippen molar-refractivity contribution in [1.29, 1.82) is 0 Å². The van der Waals surface area contributed by atoms with E-state index in [1.165, 1.54) is 0 Å². The zero-order valence-electron chi connectivity index (χ0n) is 6.33. The van der Waals surface area contributed by atoms with Crippen LogP contribution in [-0.4, -0.2) is 24.5 Å². The van der Waals surface area contributed by atoms with Crippen LogP contribution < -0.4 is 0 Å². The monoisotopic (exact) mass is 292 g/mol. The van der Waals surface area contributed by atoms with Crippen molar-refractivity contribution in [2.45, 2.75) is 0 Å². The number of phosphoric acid groups is 3. The van der Waals surface area contributed by atoms with Crippen molar-refractivity contribution in [2.24, 2.45) is 0 Å². The van der Waals surface area contributed by atoms with Crippen LogP contribution in [0.4, 0.5) is 0 Å². The van der Waals surface area contributed by atoms with Crippen molar-refractivity contribution in [3.8, 4) is 0 Å². The fraction of sp³-hybridized carbons (Fsp3) is 0. The maximum Gasteiger partial charge on any atom is 0.490 e. The molecule has 0 rings (SSSR count). The van der Waals surface area contributed by atoms with E-state index in [4.69, 9.17) is 24.5 Å². The third-order valence-corrected chi connectivity index (χ3v) is 3.77. The van der Waals surface area contributed by atoms with Gasteiger partial charge >= 0.3 is 23.5 Å². The van der Waals surface area contributed by atoms with Crippen molar-refractivity contribution in [1.82, 2.24) is 0 Å². The summed E-state index contributed by atoms with van der Waals surface area (Å²) >= 11 is 0. The molecule has 0 radical (unpaired) electrons. The van der Waals surface area contributed by atoms with Gasteiger partial charge in [-0.3, -0.25) is 0 Å². The summed E-state index contributed by atoms with van der Waals surface area (Å²) in [6, 6.07) is 0. The molecule has 0 spiro atoms. The van der Waals surface area contributed by atoms with Crippen LogP contribution in [-0.2, 0) is 22.3 Å². The maximum atomic E-state index is 10.4. The van der Waals surface area contributed by atoms with E-state index in [1.807, 2.05) is 0 Å². The molecule has 0 aliphatic carbocycles. The molecule has 0 saturated heterocycles. The Morgan fingerprint density at radius 1 is 0.714 bits per heavy atom. The van der Waals surface area contributed by atoms with E-state index in [9.17, 15) is 13.7 Å². The highest BCUT2D eigenvalue weighted by Crippen LogP contribution is 2.64. The van der Waals surface area contributed by atoms with E-state index in [0.717, 1.165) is 0 Å². The van der Waals surface area contributed by atoms with Crippen molar-refractivity contribution in [2.75, 3.05) is 0 Å². The van der Waals surface area contributed by atoms with E-state index in [0.29, 0.717) is 0 Å². The normalized spacial score (nSPS) is 13.5. The molecule has 14 heavy (non-hydrogen) atoms. The first kappa shape index (κ1) is 17.2. The fourth-order valence-electron chi connectivity index (χ4n) is 0.284. The van der Waals surface area contributed by atoms with E-state index in [1.54, 1.807) is 0 Å². The van der Waals surface area contributed by atoms with E-state index in [2.05, 4.69) is 8.62 Å². The average molecular weight is 292 g/mol. The third kappa shape index (κ3) is 10.9. The average Bonchev–Trinajstić information content (AvgIpc) is 1.43. The second-order valence-corrected chi connectivity index (χ2v) is 5.82. The molecule has 0 aliphatic rings. The number of hydrogen-bond acceptors (Lipinski definition) is 5. The van der Waals surface area contributed by atoms with E-state index in [-0.39, 0.29) is 9.90 Å². The largest absolute Gasteiger partial charge is 0.490 e. The van der Waals surface area contributed by atoms with Gasteiger partial charge in [-0.1, -0.05) is 0 Å². The summed E-state index contributed by atoms with van der Waals surface area (Å²) in [6.45, 7) is 0. The zero-order valence-corrected chi connectivity index (χ0v) is 10.4. The first-order chi connectivity index (χ1) is 5.41. The molecular formula is H8O10P4. The first-order valence-corrected chi connectivity index (χ1v) is 6.83. The maximum absolute atomic E-state index is 10.4. The van der Waals surface area contributed by atoms with Gasteiger partial charge in [-0.05, 0) is 0 Å². The van der Waals surface area contributed by atoms with Gasteiger partial charge in [0.25, 0.3) is 0 Å². The Morgan fingerprint density at radius 2 is 0.929 bits per heavy atom. The third-order valence-electron chi connectivity index (χ3n) is 0.419. The number of rotatable bonds is 4. The highest BCUT2D eigenvalue weighted by Gasteiger charge is 2.38. The highest BCUT2D eigenvalue weighted by atomic mass is 31.3. The second-order valence-electron chi connectivity index (χ2n) is 1.61. The summed E-state index contributed by atoms with van der Waals surface area (Å²) in [5, 5.41) is 0. The van der Waals surface area contributed by atoms with Gasteiger partial charge in [0.15, 0.2) is 0 Å². The van der Waals surface area contributed by atoms with Gasteiger partial charge in [0.1, 0.15) is 0 Å². The van der Waals surface area contributed by atoms with Crippen molar-refractivity contribution in [3.63, 3.8) is 0 Å². The molecule has 0 aromatic carbocycles. The van der Waals surface area contributed by atoms with Crippen LogP contribution in [0.1, 0.15) is 0 Å². The van der Waals surface area contributed by atoms with E-state index < -0.39 is 23.5 Å². The molecule has 0 saturated carbocycles. The quantitative estimate of drug-likeness (QED) is 0.420. The Balaban J connectivity index is 0. The molecule has 5 N–H and O–H groups in total. The predicted octanol–water partition coefficient (Wildman–Crippen LogP) is -0.637. The predicted molar refractivity (Wildman–Crippen MR) is 47.2 cm³/mol. The molecule has 0 aliphatic heterocycles. The Morgan fingerprint density at radius 3 is 1.07 bits per heavy atom. The van der Waals surface area contributed by atoms with Gasteiger partial charge < -0.3 is 24.5 Å². The Bertz CT molecular complexity index is 274. The minimum Gasteiger partial charge on any atom is -0.302 e. The minimum atomic E-state index is -5.46. The van der Waals surface area contributed by atoms with Gasteiger partial charge in [-0.25, -0.2) is 13.7 Å². The summed E-state index contributed by atoms with van der Waals surface area (Å²) < 4.78 is 36.4. The molecule has 1 atom stereocenters. The van der Waals surface area contributed by atoms with Crippen LogP contribution in [0.15, 0.2) is 0 Å². The lowest BCUT2D eigenvalue weighted by Crippen LogP contribution is -1.91. The summed E-state index contributed by atoms with van der Waals surface area (Å²) in [4.78, 5) is 40.2. The Hall–Kier alpha value is 0.840. The van der Waals surface area contributed by atoms with Crippen molar-refractivity contribution < 1.29 is 46.8 Å². The van der Waals surface area contributed by atoms with Gasteiger partial charge in [-0.2, -0.15) is 18.5 Å². The lowest BCUT2D eigenvalue weighted by molar-refractivity contribution is 0.204. The molecule has 0 aromatic rings. The summed E-state index contributed by atoms with van der Waals surface area (Å²) in [5.74, 6) is 0. The van der Waals surface area contributed by atoms with Crippen molar-refractivity contribution >= 4 is 33.4 Å². The Kier molecular flexibility index (Phi) is 6.47. The van der Waals surface area contributed by atoms with Crippen molar-refractivity contribution in [3.05, 3.63) is 0 Å². The first-order valence-electron chi connectivity index (χ1n) is 2.28. The van der Waals surface area contributed by atoms with E-state index >= 15 is 0 Å². The van der Waals surface area contributed by atoms with Gasteiger partial charge in [0.05, 0.1) is 0 Å². The van der Waals surface area contributed by atoms with Crippen LogP contribution in [0.3, 0.4) is 0 Å². The summed E-state index contributed by atoms with van der Waals surface area (Å²) in [5.41, 5.74) is 0. The highest BCUT2D eigenvalue weighted by molar-refractivity contribution is 7.66. The molecule has 0 amide bonds. The summed E-state index contributed by atoms with van der Waals surface area (Å²) in [6.07, 6.45) is 0. The summed E-state index contributed by atoms with van der Waals surface area (Å²) in [7, 11) is -16.2. The fourth-order valence-corrected chi connectivity index (χ4v) is 2.82. The smallest absolute Gasteiger partial charge is 0.302 e.